The Labute approximate surface area is 192 Å². The highest BCUT2D eigenvalue weighted by atomic mass is 19.4. The number of aryl methyl sites for hydroxylation is 1. The lowest BCUT2D eigenvalue weighted by Crippen LogP contribution is -2.07. The molecule has 2 aromatic carbocycles. The van der Waals surface area contributed by atoms with Gasteiger partial charge in [0.2, 0.25) is 0 Å². The predicted molar refractivity (Wildman–Crippen MR) is 118 cm³/mol. The molecule has 0 bridgehead atoms. The van der Waals surface area contributed by atoms with Crippen LogP contribution in [0.25, 0.3) is 21.9 Å². The van der Waals surface area contributed by atoms with E-state index in [1.807, 2.05) is 13.0 Å². The fraction of sp³-hybridized carbons (Fsp3) is 0.333. The van der Waals surface area contributed by atoms with Gasteiger partial charge in [-0.2, -0.15) is 13.2 Å². The number of aliphatic carboxylic acids is 1. The summed E-state index contributed by atoms with van der Waals surface area (Å²) in [4.78, 5) is 14.1. The van der Waals surface area contributed by atoms with Gasteiger partial charge in [-0.15, -0.1) is 0 Å². The maximum atomic E-state index is 13.1. The summed E-state index contributed by atoms with van der Waals surface area (Å²) in [6, 6.07) is 8.25. The molecule has 2 aromatic heterocycles. The van der Waals surface area contributed by atoms with Crippen LogP contribution in [0.15, 0.2) is 41.1 Å². The smallest absolute Gasteiger partial charge is 0.437 e. The topological polar surface area (TPSA) is 97.6 Å². The molecule has 0 amide bonds. The standard InChI is InChI=1S/C24H23F3N2O5/c1-2-4-16-20(8-6-17-22(16)34-29-23(17)24(25,26)27)33-10-3-9-32-15-5-7-19-18(12-15)14(13-28-19)11-21(30)31/h5-8,12-13,28H,2-4,9-11H2,1H3,(H,30,31). The van der Waals surface area contributed by atoms with Crippen LogP contribution in [0, 0.1) is 0 Å². The van der Waals surface area contributed by atoms with Crippen molar-refractivity contribution in [1.29, 1.82) is 0 Å². The number of nitrogens with zero attached hydrogens (tertiary/aromatic N) is 1. The van der Waals surface area contributed by atoms with E-state index in [0.717, 1.165) is 10.9 Å². The molecule has 7 nitrogen and oxygen atoms in total. The van der Waals surface area contributed by atoms with Gasteiger partial charge in [0.05, 0.1) is 25.0 Å². The van der Waals surface area contributed by atoms with Gasteiger partial charge in [-0.1, -0.05) is 18.5 Å². The van der Waals surface area contributed by atoms with Crippen LogP contribution in [0.2, 0.25) is 0 Å². The number of halogens is 3. The monoisotopic (exact) mass is 476 g/mol. The molecule has 0 aliphatic carbocycles. The average Bonchev–Trinajstić information content (AvgIpc) is 3.39. The van der Waals surface area contributed by atoms with Crippen LogP contribution in [0.3, 0.4) is 0 Å². The van der Waals surface area contributed by atoms with Crippen LogP contribution in [-0.4, -0.2) is 34.4 Å². The lowest BCUT2D eigenvalue weighted by molar-refractivity contribution is -0.141. The number of carbonyl (C=O) groups is 1. The van der Waals surface area contributed by atoms with Crippen molar-refractivity contribution in [1.82, 2.24) is 10.1 Å². The second-order valence-corrected chi connectivity index (χ2v) is 7.84. The van der Waals surface area contributed by atoms with E-state index in [2.05, 4.69) is 10.1 Å². The Bertz CT molecular complexity index is 1310. The van der Waals surface area contributed by atoms with Crippen LogP contribution in [0.4, 0.5) is 13.2 Å². The van der Waals surface area contributed by atoms with E-state index in [0.29, 0.717) is 55.1 Å². The molecule has 4 rings (SSSR count). The number of alkyl halides is 3. The zero-order chi connectivity index (χ0) is 24.3. The Morgan fingerprint density at radius 2 is 1.94 bits per heavy atom. The Morgan fingerprint density at radius 1 is 1.15 bits per heavy atom. The van der Waals surface area contributed by atoms with E-state index in [9.17, 15) is 18.0 Å². The maximum Gasteiger partial charge on any atom is 0.437 e. The number of H-pyrrole nitrogens is 1. The molecule has 0 aliphatic rings. The van der Waals surface area contributed by atoms with Crippen LogP contribution < -0.4 is 9.47 Å². The van der Waals surface area contributed by atoms with Crippen molar-refractivity contribution >= 4 is 27.8 Å². The lowest BCUT2D eigenvalue weighted by Gasteiger charge is -2.12. The predicted octanol–water partition coefficient (Wildman–Crippen LogP) is 5.76. The van der Waals surface area contributed by atoms with E-state index < -0.39 is 17.8 Å². The van der Waals surface area contributed by atoms with Gasteiger partial charge in [0, 0.05) is 29.1 Å². The first-order valence-corrected chi connectivity index (χ1v) is 10.8. The van der Waals surface area contributed by atoms with Gasteiger partial charge < -0.3 is 24.1 Å². The Morgan fingerprint density at radius 3 is 2.68 bits per heavy atom. The number of hydrogen-bond donors (Lipinski definition) is 2. The summed E-state index contributed by atoms with van der Waals surface area (Å²) in [7, 11) is 0. The third kappa shape index (κ3) is 4.95. The van der Waals surface area contributed by atoms with Crippen molar-refractivity contribution in [2.75, 3.05) is 13.2 Å². The molecule has 0 fully saturated rings. The van der Waals surface area contributed by atoms with Crippen LogP contribution in [0.5, 0.6) is 11.5 Å². The summed E-state index contributed by atoms with van der Waals surface area (Å²) in [6.07, 6.45) is -1.28. The summed E-state index contributed by atoms with van der Waals surface area (Å²) < 4.78 is 56.1. The Hall–Kier alpha value is -3.69. The highest BCUT2D eigenvalue weighted by Gasteiger charge is 2.37. The number of fused-ring (bicyclic) bond motifs is 2. The van der Waals surface area contributed by atoms with Crippen molar-refractivity contribution in [3.63, 3.8) is 0 Å². The number of carboxylic acids is 1. The summed E-state index contributed by atoms with van der Waals surface area (Å²) >= 11 is 0. The molecule has 0 saturated carbocycles. The number of ether oxygens (including phenoxy) is 2. The number of aromatic amines is 1. The van der Waals surface area contributed by atoms with Crippen molar-refractivity contribution in [2.24, 2.45) is 0 Å². The molecule has 0 saturated heterocycles. The fourth-order valence-electron chi connectivity index (χ4n) is 3.85. The maximum absolute atomic E-state index is 13.1. The van der Waals surface area contributed by atoms with E-state index >= 15 is 0 Å². The highest BCUT2D eigenvalue weighted by Crippen LogP contribution is 2.38. The average molecular weight is 476 g/mol. The molecule has 2 heterocycles. The Kier molecular flexibility index (Phi) is 6.67. The Balaban J connectivity index is 1.38. The van der Waals surface area contributed by atoms with E-state index in [1.165, 1.54) is 12.1 Å². The van der Waals surface area contributed by atoms with E-state index in [1.54, 1.807) is 18.3 Å². The molecule has 0 unspecified atom stereocenters. The quantitative estimate of drug-likeness (QED) is 0.283. The first-order valence-electron chi connectivity index (χ1n) is 10.8. The first kappa shape index (κ1) is 23.5. The van der Waals surface area contributed by atoms with Crippen LogP contribution in [0.1, 0.15) is 36.6 Å². The number of carboxylic acid groups (broad SMARTS) is 1. The van der Waals surface area contributed by atoms with Crippen molar-refractivity contribution in [3.05, 3.63) is 53.3 Å². The zero-order valence-corrected chi connectivity index (χ0v) is 18.4. The summed E-state index contributed by atoms with van der Waals surface area (Å²) in [5, 5.41) is 13.0. The third-order valence-corrected chi connectivity index (χ3v) is 5.36. The first-order chi connectivity index (χ1) is 16.3. The SMILES string of the molecule is CCCc1c(OCCCOc2ccc3[nH]cc(CC(=O)O)c3c2)ccc2c(C(F)(F)F)noc12. The van der Waals surface area contributed by atoms with Crippen molar-refractivity contribution in [3.8, 4) is 11.5 Å². The summed E-state index contributed by atoms with van der Waals surface area (Å²) in [5.41, 5.74) is 1.13. The minimum absolute atomic E-state index is 0.0750. The molecule has 34 heavy (non-hydrogen) atoms. The summed E-state index contributed by atoms with van der Waals surface area (Å²) in [6.45, 7) is 2.55. The minimum Gasteiger partial charge on any atom is -0.493 e. The zero-order valence-electron chi connectivity index (χ0n) is 18.4. The number of nitrogens with one attached hydrogen (secondary N) is 1. The van der Waals surface area contributed by atoms with Gasteiger partial charge in [-0.05, 0) is 42.3 Å². The van der Waals surface area contributed by atoms with Gasteiger partial charge in [-0.3, -0.25) is 4.79 Å². The van der Waals surface area contributed by atoms with Crippen molar-refractivity contribution < 1.29 is 37.1 Å². The molecular weight excluding hydrogens is 453 g/mol. The molecule has 0 atom stereocenters. The second-order valence-electron chi connectivity index (χ2n) is 7.84. The van der Waals surface area contributed by atoms with E-state index in [4.69, 9.17) is 19.1 Å². The molecule has 0 aliphatic heterocycles. The van der Waals surface area contributed by atoms with Gasteiger partial charge in [0.25, 0.3) is 0 Å². The van der Waals surface area contributed by atoms with Gasteiger partial charge >= 0.3 is 12.1 Å². The second kappa shape index (κ2) is 9.66. The number of aromatic nitrogens is 2. The van der Waals surface area contributed by atoms with Gasteiger partial charge in [0.1, 0.15) is 11.5 Å². The third-order valence-electron chi connectivity index (χ3n) is 5.36. The van der Waals surface area contributed by atoms with E-state index in [-0.39, 0.29) is 17.4 Å². The molecule has 180 valence electrons. The molecular formula is C24H23F3N2O5. The van der Waals surface area contributed by atoms with Crippen LogP contribution >= 0.6 is 0 Å². The van der Waals surface area contributed by atoms with Crippen molar-refractivity contribution in [2.45, 2.75) is 38.8 Å². The number of rotatable bonds is 10. The lowest BCUT2D eigenvalue weighted by atomic mass is 10.0. The molecule has 10 heteroatoms. The van der Waals surface area contributed by atoms with Gasteiger partial charge in [-0.25, -0.2) is 0 Å². The molecule has 2 N–H and O–H groups in total. The molecule has 0 radical (unpaired) electrons. The molecule has 4 aromatic rings. The number of hydrogen-bond acceptors (Lipinski definition) is 5. The van der Waals surface area contributed by atoms with Gasteiger partial charge in [0.15, 0.2) is 11.3 Å². The molecule has 0 spiro atoms. The normalized spacial score (nSPS) is 11.9. The minimum atomic E-state index is -4.59. The van der Waals surface area contributed by atoms with Crippen LogP contribution in [-0.2, 0) is 23.8 Å². The summed E-state index contributed by atoms with van der Waals surface area (Å²) in [5.74, 6) is 0.157. The highest BCUT2D eigenvalue weighted by molar-refractivity contribution is 5.88. The largest absolute Gasteiger partial charge is 0.493 e. The fourth-order valence-corrected chi connectivity index (χ4v) is 3.85. The number of benzene rings is 2.